The third-order valence-electron chi connectivity index (χ3n) is 3.49. The van der Waals surface area contributed by atoms with Gasteiger partial charge in [0.05, 0.1) is 0 Å². The summed E-state index contributed by atoms with van der Waals surface area (Å²) in [6.45, 7) is 2.98. The first kappa shape index (κ1) is 12.8. The summed E-state index contributed by atoms with van der Waals surface area (Å²) in [6, 6.07) is 17.1. The van der Waals surface area contributed by atoms with Crippen molar-refractivity contribution in [1.82, 2.24) is 0 Å². The second kappa shape index (κ2) is 5.83. The standard InChI is InChI=1S/C18H18N2/c1-14-4-6-15(7-5-14)16-8-10-17(11-9-16)18-19-12-2-3-13-20-18/h4-12H,2-3,13H2,1H3. The Labute approximate surface area is 119 Å². The Bertz CT molecular complexity index is 634. The normalized spacial score (nSPS) is 14.8. The Morgan fingerprint density at radius 2 is 1.40 bits per heavy atom. The molecule has 0 aliphatic carbocycles. The molecule has 0 N–H and O–H groups in total. The maximum absolute atomic E-state index is 4.53. The van der Waals surface area contributed by atoms with Gasteiger partial charge in [-0.15, -0.1) is 0 Å². The highest BCUT2D eigenvalue weighted by Crippen LogP contribution is 2.20. The lowest BCUT2D eigenvalue weighted by Gasteiger charge is -2.05. The van der Waals surface area contributed by atoms with Crippen LogP contribution >= 0.6 is 0 Å². The summed E-state index contributed by atoms with van der Waals surface area (Å²) in [7, 11) is 0. The van der Waals surface area contributed by atoms with Crippen LogP contribution in [0.2, 0.25) is 0 Å². The maximum Gasteiger partial charge on any atom is 0.154 e. The zero-order valence-electron chi connectivity index (χ0n) is 11.7. The molecule has 0 saturated heterocycles. The lowest BCUT2D eigenvalue weighted by Crippen LogP contribution is -1.97. The molecule has 1 aliphatic rings. The summed E-state index contributed by atoms with van der Waals surface area (Å²) < 4.78 is 0. The number of amidine groups is 1. The first-order valence-corrected chi connectivity index (χ1v) is 7.07. The minimum absolute atomic E-state index is 0.859. The van der Waals surface area contributed by atoms with Crippen LogP contribution < -0.4 is 0 Å². The van der Waals surface area contributed by atoms with Gasteiger partial charge in [-0.05, 0) is 30.9 Å². The van der Waals surface area contributed by atoms with Gasteiger partial charge in [0.15, 0.2) is 5.84 Å². The second-order valence-electron chi connectivity index (χ2n) is 5.10. The third-order valence-corrected chi connectivity index (χ3v) is 3.49. The molecule has 0 aromatic heterocycles. The van der Waals surface area contributed by atoms with E-state index in [-0.39, 0.29) is 0 Å². The largest absolute Gasteiger partial charge is 0.266 e. The minimum Gasteiger partial charge on any atom is -0.266 e. The van der Waals surface area contributed by atoms with E-state index in [1.54, 1.807) is 0 Å². The molecular weight excluding hydrogens is 244 g/mol. The van der Waals surface area contributed by atoms with Gasteiger partial charge in [0.1, 0.15) is 0 Å². The molecule has 2 aromatic rings. The Morgan fingerprint density at radius 1 is 0.800 bits per heavy atom. The summed E-state index contributed by atoms with van der Waals surface area (Å²) in [4.78, 5) is 8.96. The molecule has 0 amide bonds. The van der Waals surface area contributed by atoms with Gasteiger partial charge in [0.25, 0.3) is 0 Å². The van der Waals surface area contributed by atoms with Crippen molar-refractivity contribution in [2.24, 2.45) is 9.98 Å². The molecule has 2 heteroatoms. The summed E-state index contributed by atoms with van der Waals surface area (Å²) >= 11 is 0. The molecule has 0 bridgehead atoms. The van der Waals surface area contributed by atoms with Gasteiger partial charge >= 0.3 is 0 Å². The van der Waals surface area contributed by atoms with E-state index >= 15 is 0 Å². The molecule has 0 fully saturated rings. The highest BCUT2D eigenvalue weighted by Gasteiger charge is 2.04. The van der Waals surface area contributed by atoms with Crippen molar-refractivity contribution in [3.05, 3.63) is 59.7 Å². The fourth-order valence-corrected chi connectivity index (χ4v) is 2.28. The van der Waals surface area contributed by atoms with E-state index in [0.717, 1.165) is 30.8 Å². The van der Waals surface area contributed by atoms with Crippen LogP contribution in [0, 0.1) is 6.92 Å². The zero-order chi connectivity index (χ0) is 13.8. The van der Waals surface area contributed by atoms with E-state index in [4.69, 9.17) is 0 Å². The lowest BCUT2D eigenvalue weighted by atomic mass is 10.0. The summed E-state index contributed by atoms with van der Waals surface area (Å²) in [5, 5.41) is 0. The van der Waals surface area contributed by atoms with Gasteiger partial charge in [0, 0.05) is 18.3 Å². The number of hydrogen-bond acceptors (Lipinski definition) is 2. The van der Waals surface area contributed by atoms with Crippen LogP contribution in [0.25, 0.3) is 11.1 Å². The summed E-state index contributed by atoms with van der Waals surface area (Å²) in [5.41, 5.74) is 4.85. The quantitative estimate of drug-likeness (QED) is 0.772. The van der Waals surface area contributed by atoms with Gasteiger partial charge in [-0.25, -0.2) is 4.99 Å². The van der Waals surface area contributed by atoms with Crippen molar-refractivity contribution in [2.45, 2.75) is 19.8 Å². The maximum atomic E-state index is 4.53. The second-order valence-corrected chi connectivity index (χ2v) is 5.10. The zero-order valence-corrected chi connectivity index (χ0v) is 11.7. The topological polar surface area (TPSA) is 24.7 Å². The molecule has 1 heterocycles. The van der Waals surface area contributed by atoms with E-state index in [1.807, 2.05) is 6.21 Å². The van der Waals surface area contributed by atoms with E-state index in [0.29, 0.717) is 0 Å². The van der Waals surface area contributed by atoms with Crippen molar-refractivity contribution < 1.29 is 0 Å². The highest BCUT2D eigenvalue weighted by molar-refractivity contribution is 6.03. The fraction of sp³-hybridized carbons (Fsp3) is 0.222. The van der Waals surface area contributed by atoms with Gasteiger partial charge in [-0.3, -0.25) is 4.99 Å². The number of hydrogen-bond donors (Lipinski definition) is 0. The first-order valence-electron chi connectivity index (χ1n) is 7.07. The van der Waals surface area contributed by atoms with Crippen molar-refractivity contribution in [3.63, 3.8) is 0 Å². The Balaban J connectivity index is 1.87. The van der Waals surface area contributed by atoms with Crippen molar-refractivity contribution in [3.8, 4) is 11.1 Å². The molecule has 0 spiro atoms. The van der Waals surface area contributed by atoms with Crippen LogP contribution in [0.15, 0.2) is 58.5 Å². The van der Waals surface area contributed by atoms with Crippen LogP contribution in [0.4, 0.5) is 0 Å². The highest BCUT2D eigenvalue weighted by atomic mass is 14.9. The third kappa shape index (κ3) is 2.85. The molecule has 0 saturated carbocycles. The molecule has 1 aliphatic heterocycles. The van der Waals surface area contributed by atoms with Gasteiger partial charge in [-0.1, -0.05) is 54.1 Å². The van der Waals surface area contributed by atoms with Crippen LogP contribution in [0.1, 0.15) is 24.0 Å². The number of rotatable bonds is 2. The first-order chi connectivity index (χ1) is 9.83. The predicted octanol–water partition coefficient (Wildman–Crippen LogP) is 4.27. The van der Waals surface area contributed by atoms with Crippen molar-refractivity contribution in [1.29, 1.82) is 0 Å². The monoisotopic (exact) mass is 262 g/mol. The lowest BCUT2D eigenvalue weighted by molar-refractivity contribution is 0.895. The SMILES string of the molecule is Cc1ccc(-c2ccc(C3=NCCCC=N3)cc2)cc1. The van der Waals surface area contributed by atoms with E-state index in [1.165, 1.54) is 16.7 Å². The van der Waals surface area contributed by atoms with E-state index in [9.17, 15) is 0 Å². The molecule has 0 radical (unpaired) electrons. The number of aryl methyl sites for hydroxylation is 1. The average molecular weight is 262 g/mol. The van der Waals surface area contributed by atoms with Crippen LogP contribution in [0.3, 0.4) is 0 Å². The molecule has 3 rings (SSSR count). The van der Waals surface area contributed by atoms with Gasteiger partial charge in [0.2, 0.25) is 0 Å². The van der Waals surface area contributed by atoms with Gasteiger partial charge in [-0.2, -0.15) is 0 Å². The number of aliphatic imine (C=N–C) groups is 2. The van der Waals surface area contributed by atoms with Crippen LogP contribution in [0.5, 0.6) is 0 Å². The number of nitrogens with zero attached hydrogens (tertiary/aromatic N) is 2. The van der Waals surface area contributed by atoms with Gasteiger partial charge < -0.3 is 0 Å². The molecule has 20 heavy (non-hydrogen) atoms. The smallest absolute Gasteiger partial charge is 0.154 e. The van der Waals surface area contributed by atoms with E-state index in [2.05, 4.69) is 65.4 Å². The van der Waals surface area contributed by atoms with Crippen LogP contribution in [-0.4, -0.2) is 18.6 Å². The Kier molecular flexibility index (Phi) is 3.73. The van der Waals surface area contributed by atoms with Crippen molar-refractivity contribution >= 4 is 12.1 Å². The molecule has 0 atom stereocenters. The summed E-state index contributed by atoms with van der Waals surface area (Å²) in [6.07, 6.45) is 4.09. The molecule has 2 aromatic carbocycles. The predicted molar refractivity (Wildman–Crippen MR) is 85.7 cm³/mol. The Morgan fingerprint density at radius 3 is 2.10 bits per heavy atom. The molecule has 0 unspecified atom stereocenters. The van der Waals surface area contributed by atoms with Crippen LogP contribution in [-0.2, 0) is 0 Å². The van der Waals surface area contributed by atoms with Crippen molar-refractivity contribution in [2.75, 3.05) is 6.54 Å². The number of benzene rings is 2. The summed E-state index contributed by atoms with van der Waals surface area (Å²) in [5.74, 6) is 0.859. The van der Waals surface area contributed by atoms with E-state index < -0.39 is 0 Å². The fourth-order valence-electron chi connectivity index (χ4n) is 2.28. The average Bonchev–Trinajstić information content (AvgIpc) is 2.77. The minimum atomic E-state index is 0.859. The Hall–Kier alpha value is -2.22. The molecular formula is C18H18N2. The molecule has 2 nitrogen and oxygen atoms in total. The molecule has 100 valence electrons.